The Balaban J connectivity index is 1.90. The van der Waals surface area contributed by atoms with Crippen LogP contribution in [0.3, 0.4) is 0 Å². The number of hydrogen-bond donors (Lipinski definition) is 1. The minimum atomic E-state index is -1.25. The molecule has 2 N–H and O–H groups in total. The summed E-state index contributed by atoms with van der Waals surface area (Å²) in [5.41, 5.74) is 8.66. The Labute approximate surface area is 139 Å². The Morgan fingerprint density at radius 2 is 2.04 bits per heavy atom. The van der Waals surface area contributed by atoms with Crippen LogP contribution in [-0.4, -0.2) is 39.8 Å². The molecule has 2 unspecified atom stereocenters. The number of nitrogens with zero attached hydrogens (tertiary/aromatic N) is 1. The van der Waals surface area contributed by atoms with Crippen LogP contribution in [0.25, 0.3) is 0 Å². The fourth-order valence-electron chi connectivity index (χ4n) is 2.80. The first kappa shape index (κ1) is 17.7. The van der Waals surface area contributed by atoms with E-state index < -0.39 is 10.8 Å². The predicted octanol–water partition coefficient (Wildman–Crippen LogP) is 1.28. The number of hydrogen-bond acceptors (Lipinski definition) is 3. The number of carbonyl (C=O) groups is 2. The van der Waals surface area contributed by atoms with Crippen molar-refractivity contribution in [2.24, 2.45) is 11.7 Å². The van der Waals surface area contributed by atoms with Gasteiger partial charge < -0.3 is 10.6 Å². The molecule has 126 valence electrons. The Hall–Kier alpha value is -1.69. The Kier molecular flexibility index (Phi) is 5.93. The molecule has 1 aromatic carbocycles. The molecule has 1 aromatic rings. The van der Waals surface area contributed by atoms with Gasteiger partial charge in [0.25, 0.3) is 0 Å². The van der Waals surface area contributed by atoms with E-state index in [1.54, 1.807) is 4.90 Å². The lowest BCUT2D eigenvalue weighted by Crippen LogP contribution is -2.45. The van der Waals surface area contributed by atoms with Crippen molar-refractivity contribution in [2.45, 2.75) is 32.4 Å². The molecule has 5 nitrogen and oxygen atoms in total. The van der Waals surface area contributed by atoms with Gasteiger partial charge in [0.2, 0.25) is 11.8 Å². The first-order valence-electron chi connectivity index (χ1n) is 7.85. The quantitative estimate of drug-likeness (QED) is 0.879. The molecule has 1 heterocycles. The van der Waals surface area contributed by atoms with Gasteiger partial charge in [-0.2, -0.15) is 0 Å². The summed E-state index contributed by atoms with van der Waals surface area (Å²) in [5.74, 6) is -0.420. The molecular weight excluding hydrogens is 312 g/mol. The third kappa shape index (κ3) is 4.89. The van der Waals surface area contributed by atoms with Gasteiger partial charge in [0.05, 0.1) is 5.92 Å². The molecule has 23 heavy (non-hydrogen) atoms. The van der Waals surface area contributed by atoms with Crippen LogP contribution in [-0.2, 0) is 26.1 Å². The van der Waals surface area contributed by atoms with Crippen LogP contribution in [0.5, 0.6) is 0 Å². The van der Waals surface area contributed by atoms with E-state index in [1.807, 2.05) is 32.0 Å². The van der Waals surface area contributed by atoms with E-state index >= 15 is 0 Å². The van der Waals surface area contributed by atoms with Crippen LogP contribution in [0.1, 0.15) is 29.5 Å². The van der Waals surface area contributed by atoms with Crippen molar-refractivity contribution < 1.29 is 13.8 Å². The van der Waals surface area contributed by atoms with Crippen molar-refractivity contribution in [2.75, 3.05) is 18.8 Å². The van der Waals surface area contributed by atoms with Crippen molar-refractivity contribution in [3.05, 3.63) is 34.9 Å². The first-order valence-corrected chi connectivity index (χ1v) is 9.34. The molecule has 0 aromatic heterocycles. The van der Waals surface area contributed by atoms with Crippen molar-refractivity contribution in [3.63, 3.8) is 0 Å². The van der Waals surface area contributed by atoms with E-state index in [0.29, 0.717) is 18.8 Å². The molecule has 1 saturated heterocycles. The van der Waals surface area contributed by atoms with Crippen LogP contribution in [0.4, 0.5) is 0 Å². The highest BCUT2D eigenvalue weighted by Crippen LogP contribution is 2.17. The van der Waals surface area contributed by atoms with Crippen LogP contribution in [0, 0.1) is 19.8 Å². The van der Waals surface area contributed by atoms with E-state index in [0.717, 1.165) is 24.0 Å². The van der Waals surface area contributed by atoms with Crippen LogP contribution < -0.4 is 5.73 Å². The first-order chi connectivity index (χ1) is 10.9. The minimum Gasteiger partial charge on any atom is -0.369 e. The lowest BCUT2D eigenvalue weighted by Gasteiger charge is -2.31. The summed E-state index contributed by atoms with van der Waals surface area (Å²) >= 11 is 0. The molecule has 0 radical (unpaired) electrons. The van der Waals surface area contributed by atoms with Crippen LogP contribution >= 0.6 is 0 Å². The Morgan fingerprint density at radius 3 is 2.70 bits per heavy atom. The van der Waals surface area contributed by atoms with Crippen molar-refractivity contribution in [1.82, 2.24) is 4.90 Å². The lowest BCUT2D eigenvalue weighted by molar-refractivity contribution is -0.132. The fraction of sp³-hybridized carbons (Fsp3) is 0.529. The average molecular weight is 336 g/mol. The summed E-state index contributed by atoms with van der Waals surface area (Å²) in [6.07, 6.45) is 1.49. The number of benzene rings is 1. The molecule has 2 rings (SSSR count). The van der Waals surface area contributed by atoms with E-state index in [2.05, 4.69) is 0 Å². The maximum atomic E-state index is 12.3. The molecule has 2 amide bonds. The SMILES string of the molecule is Cc1ccc(CS(=O)CC(=O)N2CCCC(C(N)=O)C2)cc1C. The molecule has 6 heteroatoms. The second kappa shape index (κ2) is 7.73. The van der Waals surface area contributed by atoms with Gasteiger partial charge in [0.1, 0.15) is 5.75 Å². The van der Waals surface area contributed by atoms with Gasteiger partial charge in [-0.05, 0) is 43.4 Å². The number of aryl methyl sites for hydroxylation is 2. The van der Waals surface area contributed by atoms with Gasteiger partial charge in [-0.1, -0.05) is 18.2 Å². The van der Waals surface area contributed by atoms with Gasteiger partial charge in [0.15, 0.2) is 0 Å². The maximum absolute atomic E-state index is 12.3. The Morgan fingerprint density at radius 1 is 1.30 bits per heavy atom. The average Bonchev–Trinajstić information content (AvgIpc) is 2.51. The summed E-state index contributed by atoms with van der Waals surface area (Å²) in [6.45, 7) is 5.02. The molecule has 1 fully saturated rings. The molecule has 0 bridgehead atoms. The van der Waals surface area contributed by atoms with Gasteiger partial charge in [0, 0.05) is 29.6 Å². The Bertz CT molecular complexity index is 630. The van der Waals surface area contributed by atoms with Crippen molar-refractivity contribution in [1.29, 1.82) is 0 Å². The normalized spacial score (nSPS) is 19.4. The van der Waals surface area contributed by atoms with Crippen molar-refractivity contribution >= 4 is 22.6 Å². The number of amides is 2. The van der Waals surface area contributed by atoms with Gasteiger partial charge in [-0.3, -0.25) is 13.8 Å². The summed E-state index contributed by atoms with van der Waals surface area (Å²) in [4.78, 5) is 25.2. The number of carbonyl (C=O) groups excluding carboxylic acids is 2. The van der Waals surface area contributed by atoms with E-state index in [9.17, 15) is 13.8 Å². The molecule has 2 atom stereocenters. The van der Waals surface area contributed by atoms with Gasteiger partial charge >= 0.3 is 0 Å². The molecule has 0 spiro atoms. The van der Waals surface area contributed by atoms with E-state index in [1.165, 1.54) is 5.56 Å². The van der Waals surface area contributed by atoms with Crippen molar-refractivity contribution in [3.8, 4) is 0 Å². The predicted molar refractivity (Wildman–Crippen MR) is 91.1 cm³/mol. The zero-order valence-corrected chi connectivity index (χ0v) is 14.5. The highest BCUT2D eigenvalue weighted by Gasteiger charge is 2.27. The monoisotopic (exact) mass is 336 g/mol. The summed E-state index contributed by atoms with van der Waals surface area (Å²) < 4.78 is 12.2. The zero-order chi connectivity index (χ0) is 17.0. The second-order valence-corrected chi connectivity index (χ2v) is 7.69. The van der Waals surface area contributed by atoms with Crippen LogP contribution in [0.15, 0.2) is 18.2 Å². The smallest absolute Gasteiger partial charge is 0.235 e. The highest BCUT2D eigenvalue weighted by atomic mass is 32.2. The third-order valence-electron chi connectivity index (χ3n) is 4.36. The van der Waals surface area contributed by atoms with E-state index in [-0.39, 0.29) is 23.5 Å². The number of primary amides is 1. The summed E-state index contributed by atoms with van der Waals surface area (Å²) in [7, 11) is -1.25. The molecule has 0 aliphatic carbocycles. The maximum Gasteiger partial charge on any atom is 0.235 e. The fourth-order valence-corrected chi connectivity index (χ4v) is 3.91. The van der Waals surface area contributed by atoms with Gasteiger partial charge in [-0.15, -0.1) is 0 Å². The number of likely N-dealkylation sites (tertiary alicyclic amines) is 1. The van der Waals surface area contributed by atoms with E-state index in [4.69, 9.17) is 5.73 Å². The number of nitrogens with two attached hydrogens (primary N) is 1. The second-order valence-electron chi connectivity index (χ2n) is 6.23. The largest absolute Gasteiger partial charge is 0.369 e. The highest BCUT2D eigenvalue weighted by molar-refractivity contribution is 7.84. The minimum absolute atomic E-state index is 0.00158. The number of piperidine rings is 1. The topological polar surface area (TPSA) is 80.5 Å². The molecular formula is C17H24N2O3S. The third-order valence-corrected chi connectivity index (χ3v) is 5.58. The van der Waals surface area contributed by atoms with Gasteiger partial charge in [-0.25, -0.2) is 0 Å². The molecule has 0 saturated carbocycles. The summed E-state index contributed by atoms with van der Waals surface area (Å²) in [6, 6.07) is 5.97. The molecule has 1 aliphatic heterocycles. The summed E-state index contributed by atoms with van der Waals surface area (Å²) in [5, 5.41) is 0. The van der Waals surface area contributed by atoms with Crippen LogP contribution in [0.2, 0.25) is 0 Å². The zero-order valence-electron chi connectivity index (χ0n) is 13.7. The lowest BCUT2D eigenvalue weighted by atomic mass is 9.97. The standard InChI is InChI=1S/C17H24N2O3S/c1-12-5-6-14(8-13(12)2)10-23(22)11-16(20)19-7-3-4-15(9-19)17(18)21/h5-6,8,15H,3-4,7,9-11H2,1-2H3,(H2,18,21). The molecule has 1 aliphatic rings. The number of rotatable bonds is 5.